The van der Waals surface area contributed by atoms with Crippen molar-refractivity contribution in [1.29, 1.82) is 0 Å². The highest BCUT2D eigenvalue weighted by Crippen LogP contribution is 2.33. The van der Waals surface area contributed by atoms with Gasteiger partial charge in [0.2, 0.25) is 5.60 Å². The van der Waals surface area contributed by atoms with Gasteiger partial charge in [-0.25, -0.2) is 0 Å². The zero-order valence-corrected chi connectivity index (χ0v) is 8.97. The average Bonchev–Trinajstić information content (AvgIpc) is 2.26. The van der Waals surface area contributed by atoms with E-state index in [1.54, 1.807) is 0 Å². The normalized spacial score (nSPS) is 11.7. The van der Waals surface area contributed by atoms with Crippen LogP contribution >= 0.6 is 0 Å². The first kappa shape index (κ1) is 13.2. The fourth-order valence-corrected chi connectivity index (χ4v) is 1.36. The molecule has 0 amide bonds. The summed E-state index contributed by atoms with van der Waals surface area (Å²) < 4.78 is 37.7. The molecule has 4 heteroatoms. The molecule has 0 radical (unpaired) electrons. The van der Waals surface area contributed by atoms with Crippen LogP contribution in [0.1, 0.15) is 16.7 Å². The molecule has 1 N–H and O–H groups in total. The monoisotopic (exact) mass is 238 g/mol. The van der Waals surface area contributed by atoms with Crippen LogP contribution in [0.4, 0.5) is 13.2 Å². The maximum absolute atomic E-state index is 12.6. The quantitative estimate of drug-likeness (QED) is 0.745. The van der Waals surface area contributed by atoms with Crippen molar-refractivity contribution in [2.45, 2.75) is 18.7 Å². The van der Waals surface area contributed by atoms with E-state index >= 15 is 0 Å². The van der Waals surface area contributed by atoms with E-state index in [0.717, 1.165) is 12.1 Å². The zero-order chi connectivity index (χ0) is 13.3. The second kappa shape index (κ2) is 4.16. The van der Waals surface area contributed by atoms with Crippen molar-refractivity contribution in [3.8, 4) is 24.7 Å². The lowest BCUT2D eigenvalue weighted by molar-refractivity contribution is -0.137. The number of rotatable bonds is 1. The number of alkyl halides is 3. The van der Waals surface area contributed by atoms with Crippen molar-refractivity contribution in [3.63, 3.8) is 0 Å². The molecule has 1 rings (SSSR count). The van der Waals surface area contributed by atoms with Crippen LogP contribution < -0.4 is 0 Å². The van der Waals surface area contributed by atoms with E-state index in [9.17, 15) is 18.3 Å². The Morgan fingerprint density at radius 2 is 1.53 bits per heavy atom. The molecule has 0 aliphatic carbocycles. The van der Waals surface area contributed by atoms with Crippen molar-refractivity contribution < 1.29 is 18.3 Å². The molecular formula is C13H9F3O. The summed E-state index contributed by atoms with van der Waals surface area (Å²) >= 11 is 0. The first-order valence-electron chi connectivity index (χ1n) is 4.60. The lowest BCUT2D eigenvalue weighted by Crippen LogP contribution is -2.22. The minimum atomic E-state index is -4.51. The molecular weight excluding hydrogens is 229 g/mol. The van der Waals surface area contributed by atoms with Crippen LogP contribution in [-0.4, -0.2) is 5.11 Å². The lowest BCUT2D eigenvalue weighted by atomic mass is 9.92. The van der Waals surface area contributed by atoms with Crippen LogP contribution in [0.25, 0.3) is 0 Å². The number of hydrogen-bond acceptors (Lipinski definition) is 1. The molecule has 0 saturated carbocycles. The third-order valence-corrected chi connectivity index (χ3v) is 2.24. The molecule has 88 valence electrons. The molecule has 0 bridgehead atoms. The SMILES string of the molecule is C#CC(O)(C#C)c1cc(C)cc(C(F)(F)F)c1. The number of aryl methyl sites for hydroxylation is 1. The summed E-state index contributed by atoms with van der Waals surface area (Å²) in [7, 11) is 0. The van der Waals surface area contributed by atoms with Gasteiger partial charge in [-0.2, -0.15) is 13.2 Å². The van der Waals surface area contributed by atoms with Crippen LogP contribution in [-0.2, 0) is 11.8 Å². The predicted octanol–water partition coefficient (Wildman–Crippen LogP) is 2.47. The van der Waals surface area contributed by atoms with Gasteiger partial charge in [0.1, 0.15) is 0 Å². The summed E-state index contributed by atoms with van der Waals surface area (Å²) in [6, 6.07) is 3.04. The topological polar surface area (TPSA) is 20.2 Å². The highest BCUT2D eigenvalue weighted by atomic mass is 19.4. The van der Waals surface area contributed by atoms with Gasteiger partial charge in [-0.1, -0.05) is 23.5 Å². The number of benzene rings is 1. The van der Waals surface area contributed by atoms with Gasteiger partial charge in [0.15, 0.2) is 0 Å². The third kappa shape index (κ3) is 2.61. The van der Waals surface area contributed by atoms with Crippen LogP contribution in [0.3, 0.4) is 0 Å². The molecule has 0 aliphatic heterocycles. The largest absolute Gasteiger partial charge is 0.416 e. The van der Waals surface area contributed by atoms with E-state index in [4.69, 9.17) is 12.8 Å². The summed E-state index contributed by atoms with van der Waals surface area (Å²) in [6.45, 7) is 1.46. The number of terminal acetylenes is 2. The summed E-state index contributed by atoms with van der Waals surface area (Å²) in [6.07, 6.45) is 5.56. The number of aliphatic hydroxyl groups is 1. The first-order chi connectivity index (χ1) is 7.73. The third-order valence-electron chi connectivity index (χ3n) is 2.24. The van der Waals surface area contributed by atoms with Crippen molar-refractivity contribution in [3.05, 3.63) is 34.9 Å². The van der Waals surface area contributed by atoms with Crippen molar-refractivity contribution in [2.24, 2.45) is 0 Å². The molecule has 0 heterocycles. The average molecular weight is 238 g/mol. The fourth-order valence-electron chi connectivity index (χ4n) is 1.36. The minimum Gasteiger partial charge on any atom is -0.364 e. The summed E-state index contributed by atoms with van der Waals surface area (Å²) in [4.78, 5) is 0. The second-order valence-electron chi connectivity index (χ2n) is 3.58. The van der Waals surface area contributed by atoms with E-state index < -0.39 is 17.3 Å². The van der Waals surface area contributed by atoms with Crippen molar-refractivity contribution in [1.82, 2.24) is 0 Å². The van der Waals surface area contributed by atoms with Crippen LogP contribution in [0.2, 0.25) is 0 Å². The van der Waals surface area contributed by atoms with Gasteiger partial charge >= 0.3 is 6.18 Å². The van der Waals surface area contributed by atoms with E-state index in [2.05, 4.69) is 0 Å². The number of hydrogen-bond donors (Lipinski definition) is 1. The highest BCUT2D eigenvalue weighted by molar-refractivity contribution is 5.43. The standard InChI is InChI=1S/C13H9F3O/c1-4-12(17,5-2)10-6-9(3)7-11(8-10)13(14,15)16/h1-2,6-8,17H,3H3. The molecule has 1 nitrogen and oxygen atoms in total. The highest BCUT2D eigenvalue weighted by Gasteiger charge is 2.33. The Kier molecular flexibility index (Phi) is 3.22. The van der Waals surface area contributed by atoms with E-state index in [1.165, 1.54) is 13.0 Å². The Hall–Kier alpha value is -1.91. The van der Waals surface area contributed by atoms with Crippen molar-refractivity contribution in [2.75, 3.05) is 0 Å². The number of halogens is 3. The minimum absolute atomic E-state index is 0.130. The predicted molar refractivity (Wildman–Crippen MR) is 57.7 cm³/mol. The Morgan fingerprint density at radius 3 is 1.94 bits per heavy atom. The molecule has 0 atom stereocenters. The molecule has 0 unspecified atom stereocenters. The van der Waals surface area contributed by atoms with Gasteiger partial charge in [-0.05, 0) is 19.1 Å². The van der Waals surface area contributed by atoms with Crippen LogP contribution in [0, 0.1) is 31.6 Å². The van der Waals surface area contributed by atoms with Gasteiger partial charge in [0.05, 0.1) is 5.56 Å². The molecule has 0 aliphatic rings. The van der Waals surface area contributed by atoms with Gasteiger partial charge in [-0.3, -0.25) is 0 Å². The van der Waals surface area contributed by atoms with E-state index in [0.29, 0.717) is 5.56 Å². The molecule has 0 aromatic heterocycles. The Labute approximate surface area is 97.3 Å². The zero-order valence-electron chi connectivity index (χ0n) is 8.97. The maximum atomic E-state index is 12.6. The Morgan fingerprint density at radius 1 is 1.06 bits per heavy atom. The van der Waals surface area contributed by atoms with Gasteiger partial charge < -0.3 is 5.11 Å². The molecule has 0 saturated heterocycles. The van der Waals surface area contributed by atoms with Gasteiger partial charge in [0, 0.05) is 5.56 Å². The van der Waals surface area contributed by atoms with E-state index in [1.807, 2.05) is 11.8 Å². The summed E-state index contributed by atoms with van der Waals surface area (Å²) in [5.41, 5.74) is -2.82. The molecule has 1 aromatic rings. The lowest BCUT2D eigenvalue weighted by Gasteiger charge is -2.18. The van der Waals surface area contributed by atoms with Crippen LogP contribution in [0.15, 0.2) is 18.2 Å². The van der Waals surface area contributed by atoms with Crippen LogP contribution in [0.5, 0.6) is 0 Å². The molecule has 17 heavy (non-hydrogen) atoms. The molecule has 1 aromatic carbocycles. The van der Waals surface area contributed by atoms with Gasteiger partial charge in [-0.15, -0.1) is 12.8 Å². The second-order valence-corrected chi connectivity index (χ2v) is 3.58. The molecule has 0 spiro atoms. The maximum Gasteiger partial charge on any atom is 0.416 e. The van der Waals surface area contributed by atoms with Gasteiger partial charge in [0.25, 0.3) is 0 Å². The Bertz CT molecular complexity index is 501. The molecule has 0 fully saturated rings. The summed E-state index contributed by atoms with van der Waals surface area (Å²) in [5.74, 6) is 3.80. The van der Waals surface area contributed by atoms with E-state index in [-0.39, 0.29) is 5.56 Å². The smallest absolute Gasteiger partial charge is 0.364 e. The Balaban J connectivity index is 3.45. The fraction of sp³-hybridized carbons (Fsp3) is 0.231. The first-order valence-corrected chi connectivity index (χ1v) is 4.60. The van der Waals surface area contributed by atoms with Crippen molar-refractivity contribution >= 4 is 0 Å². The summed E-state index contributed by atoms with van der Waals surface area (Å²) in [5, 5.41) is 9.78.